The minimum Gasteiger partial charge on any atom is -0.486 e. The smallest absolute Gasteiger partial charge is 0.255 e. The third-order valence-electron chi connectivity index (χ3n) is 6.76. The zero-order chi connectivity index (χ0) is 25.8. The molecule has 1 aliphatic carbocycles. The lowest BCUT2D eigenvalue weighted by Gasteiger charge is -2.33. The number of hydrogen-bond acceptors (Lipinski definition) is 4. The Morgan fingerprint density at radius 3 is 2.16 bits per heavy atom. The number of nitrogens with zero attached hydrogens (tertiary/aromatic N) is 1. The zero-order valence-corrected chi connectivity index (χ0v) is 20.3. The van der Waals surface area contributed by atoms with Crippen LogP contribution in [0.2, 0.25) is 0 Å². The van der Waals surface area contributed by atoms with E-state index in [1.807, 2.05) is 0 Å². The van der Waals surface area contributed by atoms with E-state index in [9.17, 15) is 18.4 Å². The van der Waals surface area contributed by atoms with Crippen LogP contribution in [0.4, 0.5) is 8.78 Å². The number of carbonyl (C=O) groups is 2. The summed E-state index contributed by atoms with van der Waals surface area (Å²) in [4.78, 5) is 29.2. The molecule has 6 nitrogen and oxygen atoms in total. The lowest BCUT2D eigenvalue weighted by atomic mass is 10.0. The van der Waals surface area contributed by atoms with Gasteiger partial charge in [-0.2, -0.15) is 0 Å². The number of fused-ring (bicyclic) bond motifs is 1. The molecular formula is C29H28F2N2O4. The summed E-state index contributed by atoms with van der Waals surface area (Å²) in [6.07, 6.45) is 3.80. The van der Waals surface area contributed by atoms with Crippen LogP contribution in [0.5, 0.6) is 11.5 Å². The molecule has 8 heteroatoms. The Morgan fingerprint density at radius 1 is 0.865 bits per heavy atom. The number of ether oxygens (including phenoxy) is 2. The van der Waals surface area contributed by atoms with Gasteiger partial charge < -0.3 is 19.7 Å². The maximum Gasteiger partial charge on any atom is 0.255 e. The first-order valence-electron chi connectivity index (χ1n) is 12.5. The second-order valence-corrected chi connectivity index (χ2v) is 9.36. The van der Waals surface area contributed by atoms with Gasteiger partial charge in [-0.25, -0.2) is 8.78 Å². The third-order valence-corrected chi connectivity index (χ3v) is 6.76. The van der Waals surface area contributed by atoms with Crippen molar-refractivity contribution in [1.29, 1.82) is 0 Å². The number of nitrogens with one attached hydrogen (secondary N) is 1. The van der Waals surface area contributed by atoms with Gasteiger partial charge in [0, 0.05) is 18.2 Å². The van der Waals surface area contributed by atoms with Gasteiger partial charge in [0.15, 0.2) is 11.5 Å². The van der Waals surface area contributed by atoms with Crippen molar-refractivity contribution in [3.05, 3.63) is 95.1 Å². The van der Waals surface area contributed by atoms with Crippen LogP contribution in [0.25, 0.3) is 0 Å². The molecule has 0 saturated heterocycles. The molecule has 5 rings (SSSR count). The van der Waals surface area contributed by atoms with Crippen LogP contribution in [0.3, 0.4) is 0 Å². The SMILES string of the molecule is O=C(NC1CCCC1)[C@H](c1ccc(F)cc1)N(Cc1ccc(F)cc1)C(=O)c1ccc2c(c1)OCCO2. The van der Waals surface area contributed by atoms with E-state index < -0.39 is 23.6 Å². The van der Waals surface area contributed by atoms with Gasteiger partial charge in [-0.3, -0.25) is 9.59 Å². The van der Waals surface area contributed by atoms with Crippen LogP contribution in [-0.2, 0) is 11.3 Å². The second kappa shape index (κ2) is 11.0. The van der Waals surface area contributed by atoms with Gasteiger partial charge in [0.1, 0.15) is 30.9 Å². The fourth-order valence-corrected chi connectivity index (χ4v) is 4.88. The summed E-state index contributed by atoms with van der Waals surface area (Å²) in [5.41, 5.74) is 1.44. The van der Waals surface area contributed by atoms with Gasteiger partial charge in [0.25, 0.3) is 5.91 Å². The van der Waals surface area contributed by atoms with Crippen molar-refractivity contribution in [3.8, 4) is 11.5 Å². The average Bonchev–Trinajstić information content (AvgIpc) is 3.43. The molecule has 1 heterocycles. The molecule has 1 fully saturated rings. The minimum atomic E-state index is -1.04. The number of hydrogen-bond donors (Lipinski definition) is 1. The highest BCUT2D eigenvalue weighted by Gasteiger charge is 2.34. The van der Waals surface area contributed by atoms with Crippen LogP contribution in [-0.4, -0.2) is 36.0 Å². The molecule has 192 valence electrons. The van der Waals surface area contributed by atoms with Crippen molar-refractivity contribution >= 4 is 11.8 Å². The number of amides is 2. The lowest BCUT2D eigenvalue weighted by Crippen LogP contribution is -2.46. The first-order chi connectivity index (χ1) is 18.0. The third kappa shape index (κ3) is 5.74. The Kier molecular flexibility index (Phi) is 7.35. The van der Waals surface area contributed by atoms with E-state index in [-0.39, 0.29) is 18.5 Å². The van der Waals surface area contributed by atoms with Crippen molar-refractivity contribution in [2.24, 2.45) is 0 Å². The first kappa shape index (κ1) is 24.7. The highest BCUT2D eigenvalue weighted by Crippen LogP contribution is 2.33. The Bertz CT molecular complexity index is 1260. The zero-order valence-electron chi connectivity index (χ0n) is 20.3. The summed E-state index contributed by atoms with van der Waals surface area (Å²) < 4.78 is 38.7. The van der Waals surface area contributed by atoms with E-state index >= 15 is 0 Å². The summed E-state index contributed by atoms with van der Waals surface area (Å²) in [7, 11) is 0. The van der Waals surface area contributed by atoms with E-state index in [1.165, 1.54) is 41.3 Å². The fraction of sp³-hybridized carbons (Fsp3) is 0.310. The fourth-order valence-electron chi connectivity index (χ4n) is 4.88. The summed E-state index contributed by atoms with van der Waals surface area (Å²) >= 11 is 0. The predicted molar refractivity (Wildman–Crippen MR) is 133 cm³/mol. The Hall–Kier alpha value is -3.94. The monoisotopic (exact) mass is 506 g/mol. The second-order valence-electron chi connectivity index (χ2n) is 9.36. The van der Waals surface area contributed by atoms with Gasteiger partial charge in [0.2, 0.25) is 5.91 Å². The summed E-state index contributed by atoms with van der Waals surface area (Å²) in [5.74, 6) is -0.609. The van der Waals surface area contributed by atoms with Crippen molar-refractivity contribution in [2.75, 3.05) is 13.2 Å². The van der Waals surface area contributed by atoms with Gasteiger partial charge in [-0.1, -0.05) is 37.1 Å². The van der Waals surface area contributed by atoms with E-state index in [1.54, 1.807) is 30.3 Å². The predicted octanol–water partition coefficient (Wildman–Crippen LogP) is 5.18. The quantitative estimate of drug-likeness (QED) is 0.480. The molecule has 3 aromatic carbocycles. The first-order valence-corrected chi connectivity index (χ1v) is 12.5. The van der Waals surface area contributed by atoms with Crippen molar-refractivity contribution in [1.82, 2.24) is 10.2 Å². The van der Waals surface area contributed by atoms with E-state index in [2.05, 4.69) is 5.32 Å². The van der Waals surface area contributed by atoms with Crippen LogP contribution >= 0.6 is 0 Å². The summed E-state index contributed by atoms with van der Waals surface area (Å²) in [6, 6.07) is 15.3. The molecule has 0 spiro atoms. The molecule has 1 N–H and O–H groups in total. The number of carbonyl (C=O) groups excluding carboxylic acids is 2. The maximum absolute atomic E-state index is 14.0. The topological polar surface area (TPSA) is 67.9 Å². The van der Waals surface area contributed by atoms with E-state index in [0.717, 1.165) is 25.7 Å². The Labute approximate surface area is 214 Å². The van der Waals surface area contributed by atoms with Gasteiger partial charge in [-0.15, -0.1) is 0 Å². The van der Waals surface area contributed by atoms with Gasteiger partial charge >= 0.3 is 0 Å². The van der Waals surface area contributed by atoms with Gasteiger partial charge in [-0.05, 0) is 66.4 Å². The van der Waals surface area contributed by atoms with E-state index in [4.69, 9.17) is 9.47 Å². The van der Waals surface area contributed by atoms with Gasteiger partial charge in [0.05, 0.1) is 0 Å². The molecule has 1 saturated carbocycles. The van der Waals surface area contributed by atoms with Crippen LogP contribution in [0.1, 0.15) is 53.2 Å². The molecule has 0 radical (unpaired) electrons. The normalized spacial score (nSPS) is 15.7. The molecule has 0 aromatic heterocycles. The van der Waals surface area contributed by atoms with Crippen LogP contribution in [0, 0.1) is 11.6 Å². The summed E-state index contributed by atoms with van der Waals surface area (Å²) in [6.45, 7) is 0.824. The number of halogens is 2. The molecule has 2 amide bonds. The summed E-state index contributed by atoms with van der Waals surface area (Å²) in [5, 5.41) is 3.09. The lowest BCUT2D eigenvalue weighted by molar-refractivity contribution is -0.126. The molecule has 0 bridgehead atoms. The number of benzene rings is 3. The maximum atomic E-state index is 14.0. The minimum absolute atomic E-state index is 0.0208. The average molecular weight is 507 g/mol. The van der Waals surface area contributed by atoms with Crippen molar-refractivity contribution in [2.45, 2.75) is 44.3 Å². The molecular weight excluding hydrogens is 478 g/mol. The van der Waals surface area contributed by atoms with E-state index in [0.29, 0.717) is 41.4 Å². The van der Waals surface area contributed by atoms with Crippen molar-refractivity contribution in [3.63, 3.8) is 0 Å². The highest BCUT2D eigenvalue weighted by atomic mass is 19.1. The number of rotatable bonds is 7. The largest absolute Gasteiger partial charge is 0.486 e. The highest BCUT2D eigenvalue weighted by molar-refractivity contribution is 5.98. The molecule has 3 aromatic rings. The molecule has 1 atom stereocenters. The van der Waals surface area contributed by atoms with Crippen LogP contribution in [0.15, 0.2) is 66.7 Å². The molecule has 2 aliphatic rings. The molecule has 1 aliphatic heterocycles. The standard InChI is InChI=1S/C29H28F2N2O4/c30-22-10-5-19(6-11-22)18-33(29(35)21-9-14-25-26(17-21)37-16-15-36-25)27(20-7-12-23(31)13-8-20)28(34)32-24-3-1-2-4-24/h5-14,17,24,27H,1-4,15-16,18H2,(H,32,34)/t27-/m0/s1. The Balaban J connectivity index is 1.55. The molecule has 0 unspecified atom stereocenters. The van der Waals surface area contributed by atoms with Crippen molar-refractivity contribution < 1.29 is 27.8 Å². The molecule has 37 heavy (non-hydrogen) atoms. The Morgan fingerprint density at radius 2 is 1.49 bits per heavy atom. The van der Waals surface area contributed by atoms with Crippen LogP contribution < -0.4 is 14.8 Å².